The number of nitrogens with one attached hydrogen (secondary N) is 1. The van der Waals surface area contributed by atoms with Gasteiger partial charge in [0, 0.05) is 5.02 Å². The fourth-order valence-electron chi connectivity index (χ4n) is 1.92. The molecule has 2 aromatic rings. The Bertz CT molecular complexity index is 775. The molecule has 0 unspecified atom stereocenters. The van der Waals surface area contributed by atoms with Crippen molar-refractivity contribution >= 4 is 29.2 Å². The fourth-order valence-corrected chi connectivity index (χ4v) is 2.09. The lowest BCUT2D eigenvalue weighted by Crippen LogP contribution is -2.19. The van der Waals surface area contributed by atoms with E-state index in [9.17, 15) is 22.8 Å². The van der Waals surface area contributed by atoms with Gasteiger partial charge in [-0.2, -0.15) is 13.2 Å². The molecule has 0 bridgehead atoms. The van der Waals surface area contributed by atoms with Crippen molar-refractivity contribution in [2.75, 3.05) is 5.32 Å². The van der Waals surface area contributed by atoms with Gasteiger partial charge in [-0.1, -0.05) is 23.7 Å². The second-order valence-corrected chi connectivity index (χ2v) is 4.93. The number of rotatable bonds is 3. The highest BCUT2D eigenvalue weighted by Gasteiger charge is 2.35. The molecule has 0 aliphatic rings. The summed E-state index contributed by atoms with van der Waals surface area (Å²) in [5.74, 6) is -2.44. The molecule has 8 heteroatoms. The van der Waals surface area contributed by atoms with Crippen LogP contribution in [0.2, 0.25) is 5.02 Å². The van der Waals surface area contributed by atoms with Crippen LogP contribution in [-0.4, -0.2) is 17.0 Å². The normalized spacial score (nSPS) is 11.1. The largest absolute Gasteiger partial charge is 0.478 e. The Kier molecular flexibility index (Phi) is 4.60. The van der Waals surface area contributed by atoms with E-state index in [0.717, 1.165) is 24.3 Å². The van der Waals surface area contributed by atoms with E-state index in [2.05, 4.69) is 5.32 Å². The van der Waals surface area contributed by atoms with Crippen LogP contribution in [0.1, 0.15) is 26.3 Å². The molecule has 0 radical (unpaired) electrons. The van der Waals surface area contributed by atoms with Crippen molar-refractivity contribution in [1.29, 1.82) is 0 Å². The summed E-state index contributed by atoms with van der Waals surface area (Å²) in [5.41, 5.74) is -2.19. The van der Waals surface area contributed by atoms with Gasteiger partial charge in [-0.05, 0) is 30.3 Å². The molecule has 0 fully saturated rings. The van der Waals surface area contributed by atoms with Crippen LogP contribution in [0, 0.1) is 0 Å². The summed E-state index contributed by atoms with van der Waals surface area (Å²) >= 11 is 5.67. The maximum absolute atomic E-state index is 12.9. The topological polar surface area (TPSA) is 66.4 Å². The van der Waals surface area contributed by atoms with Gasteiger partial charge in [0.1, 0.15) is 0 Å². The number of aromatic carboxylic acids is 1. The van der Waals surface area contributed by atoms with Crippen LogP contribution in [-0.2, 0) is 6.18 Å². The highest BCUT2D eigenvalue weighted by atomic mass is 35.5. The van der Waals surface area contributed by atoms with Gasteiger partial charge in [0.15, 0.2) is 0 Å². The van der Waals surface area contributed by atoms with Crippen molar-refractivity contribution in [2.24, 2.45) is 0 Å². The van der Waals surface area contributed by atoms with Crippen molar-refractivity contribution in [3.63, 3.8) is 0 Å². The Labute approximate surface area is 133 Å². The van der Waals surface area contributed by atoms with Crippen molar-refractivity contribution in [3.05, 3.63) is 64.2 Å². The lowest BCUT2D eigenvalue weighted by Gasteiger charge is -2.13. The van der Waals surface area contributed by atoms with Gasteiger partial charge in [0.05, 0.1) is 22.4 Å². The Morgan fingerprint density at radius 3 is 2.30 bits per heavy atom. The first-order chi connectivity index (χ1) is 10.7. The number of carboxylic acid groups (broad SMARTS) is 1. The van der Waals surface area contributed by atoms with E-state index in [1.807, 2.05) is 0 Å². The van der Waals surface area contributed by atoms with Crippen LogP contribution in [0.3, 0.4) is 0 Å². The van der Waals surface area contributed by atoms with E-state index >= 15 is 0 Å². The van der Waals surface area contributed by atoms with Crippen LogP contribution < -0.4 is 5.32 Å². The van der Waals surface area contributed by atoms with Gasteiger partial charge in [0.2, 0.25) is 0 Å². The predicted molar refractivity (Wildman–Crippen MR) is 77.8 cm³/mol. The Morgan fingerprint density at radius 2 is 1.70 bits per heavy atom. The second kappa shape index (κ2) is 6.29. The molecule has 2 rings (SSSR count). The third-order valence-corrected chi connectivity index (χ3v) is 3.17. The number of alkyl halides is 3. The molecular weight excluding hydrogens is 335 g/mol. The number of hydrogen-bond donors (Lipinski definition) is 2. The maximum Gasteiger partial charge on any atom is 0.417 e. The van der Waals surface area contributed by atoms with E-state index in [-0.39, 0.29) is 16.3 Å². The van der Waals surface area contributed by atoms with E-state index in [0.29, 0.717) is 0 Å². The quantitative estimate of drug-likeness (QED) is 0.872. The SMILES string of the molecule is O=C(O)c1cc(Cl)ccc1NC(=O)c1ccccc1C(F)(F)F. The Hall–Kier alpha value is -2.54. The number of amides is 1. The lowest BCUT2D eigenvalue weighted by atomic mass is 10.1. The number of carbonyl (C=O) groups is 2. The smallest absolute Gasteiger partial charge is 0.417 e. The average molecular weight is 344 g/mol. The summed E-state index contributed by atoms with van der Waals surface area (Å²) in [6.45, 7) is 0. The molecule has 120 valence electrons. The number of carboxylic acids is 1. The van der Waals surface area contributed by atoms with Gasteiger partial charge in [-0.15, -0.1) is 0 Å². The Balaban J connectivity index is 2.40. The number of benzene rings is 2. The lowest BCUT2D eigenvalue weighted by molar-refractivity contribution is -0.137. The number of anilines is 1. The summed E-state index contributed by atoms with van der Waals surface area (Å²) in [7, 11) is 0. The molecule has 23 heavy (non-hydrogen) atoms. The minimum atomic E-state index is -4.70. The standard InChI is InChI=1S/C15H9ClF3NO3/c16-8-5-6-12(10(7-8)14(22)23)20-13(21)9-3-1-2-4-11(9)15(17,18)19/h1-7H,(H,20,21)(H,22,23). The average Bonchev–Trinajstić information content (AvgIpc) is 2.48. The van der Waals surface area contributed by atoms with Gasteiger partial charge in [-0.25, -0.2) is 4.79 Å². The summed E-state index contributed by atoms with van der Waals surface area (Å²) in [4.78, 5) is 23.2. The third-order valence-electron chi connectivity index (χ3n) is 2.94. The van der Waals surface area contributed by atoms with Crippen molar-refractivity contribution in [3.8, 4) is 0 Å². The predicted octanol–water partition coefficient (Wildman–Crippen LogP) is 4.31. The maximum atomic E-state index is 12.9. The molecule has 0 saturated carbocycles. The summed E-state index contributed by atoms with van der Waals surface area (Å²) < 4.78 is 38.7. The highest BCUT2D eigenvalue weighted by molar-refractivity contribution is 6.31. The molecule has 0 spiro atoms. The first-order valence-corrected chi connectivity index (χ1v) is 6.58. The summed E-state index contributed by atoms with van der Waals surface area (Å²) in [6, 6.07) is 7.84. The molecule has 2 aromatic carbocycles. The van der Waals surface area contributed by atoms with E-state index < -0.39 is 29.2 Å². The summed E-state index contributed by atoms with van der Waals surface area (Å²) in [5, 5.41) is 11.4. The Morgan fingerprint density at radius 1 is 1.04 bits per heavy atom. The molecule has 2 N–H and O–H groups in total. The molecule has 1 amide bonds. The van der Waals surface area contributed by atoms with E-state index in [1.165, 1.54) is 18.2 Å². The number of carbonyl (C=O) groups excluding carboxylic acids is 1. The minimum Gasteiger partial charge on any atom is -0.478 e. The molecule has 0 aromatic heterocycles. The monoisotopic (exact) mass is 343 g/mol. The van der Waals surface area contributed by atoms with Gasteiger partial charge in [0.25, 0.3) is 5.91 Å². The minimum absolute atomic E-state index is 0.121. The zero-order chi connectivity index (χ0) is 17.2. The second-order valence-electron chi connectivity index (χ2n) is 4.49. The summed E-state index contributed by atoms with van der Waals surface area (Å²) in [6.07, 6.45) is -4.70. The molecule has 4 nitrogen and oxygen atoms in total. The number of halogens is 4. The molecule has 0 heterocycles. The van der Waals surface area contributed by atoms with Crippen LogP contribution in [0.4, 0.5) is 18.9 Å². The van der Waals surface area contributed by atoms with Gasteiger partial charge in [-0.3, -0.25) is 4.79 Å². The first-order valence-electron chi connectivity index (χ1n) is 6.20. The van der Waals surface area contributed by atoms with Crippen molar-refractivity contribution < 1.29 is 27.9 Å². The molecule has 0 aliphatic heterocycles. The molecule has 0 saturated heterocycles. The van der Waals surface area contributed by atoms with Crippen molar-refractivity contribution in [1.82, 2.24) is 0 Å². The first kappa shape index (κ1) is 16.8. The van der Waals surface area contributed by atoms with E-state index in [4.69, 9.17) is 16.7 Å². The fraction of sp³-hybridized carbons (Fsp3) is 0.0667. The molecule has 0 atom stereocenters. The third kappa shape index (κ3) is 3.81. The molecular formula is C15H9ClF3NO3. The van der Waals surface area contributed by atoms with Crippen LogP contribution in [0.25, 0.3) is 0 Å². The zero-order valence-corrected chi connectivity index (χ0v) is 12.1. The van der Waals surface area contributed by atoms with E-state index in [1.54, 1.807) is 0 Å². The van der Waals surface area contributed by atoms with Gasteiger partial charge < -0.3 is 10.4 Å². The van der Waals surface area contributed by atoms with Crippen LogP contribution in [0.5, 0.6) is 0 Å². The van der Waals surface area contributed by atoms with Crippen LogP contribution in [0.15, 0.2) is 42.5 Å². The highest BCUT2D eigenvalue weighted by Crippen LogP contribution is 2.32. The zero-order valence-electron chi connectivity index (χ0n) is 11.3. The number of hydrogen-bond acceptors (Lipinski definition) is 2. The van der Waals surface area contributed by atoms with Gasteiger partial charge >= 0.3 is 12.1 Å². The van der Waals surface area contributed by atoms with Crippen LogP contribution >= 0.6 is 11.6 Å². The molecule has 0 aliphatic carbocycles. The van der Waals surface area contributed by atoms with Crippen molar-refractivity contribution in [2.45, 2.75) is 6.18 Å².